The van der Waals surface area contributed by atoms with E-state index in [-0.39, 0.29) is 5.41 Å². The van der Waals surface area contributed by atoms with Crippen LogP contribution >= 0.6 is 0 Å². The zero-order chi connectivity index (χ0) is 31.5. The van der Waals surface area contributed by atoms with E-state index in [2.05, 4.69) is 110 Å². The molecule has 9 rings (SSSR count). The zero-order valence-corrected chi connectivity index (χ0v) is 26.0. The molecule has 0 saturated carbocycles. The molecule has 222 valence electrons. The minimum Gasteiger partial charge on any atom is -0.256 e. The zero-order valence-electron chi connectivity index (χ0n) is 26.0. The molecule has 1 aliphatic carbocycles. The fourth-order valence-corrected chi connectivity index (χ4v) is 7.04. The van der Waals surface area contributed by atoms with E-state index in [1.165, 1.54) is 22.3 Å². The molecule has 3 heterocycles. The Bertz CT molecular complexity index is 2500. The normalized spacial score (nSPS) is 13.1. The van der Waals surface area contributed by atoms with Gasteiger partial charge in [-0.05, 0) is 63.7 Å². The molecule has 0 N–H and O–H groups in total. The topological polar surface area (TPSA) is 64.5 Å². The Morgan fingerprint density at radius 3 is 2.09 bits per heavy atom. The smallest absolute Gasteiger partial charge is 0.182 e. The number of hydrogen-bond donors (Lipinski definition) is 0. The maximum Gasteiger partial charge on any atom is 0.182 e. The first kappa shape index (κ1) is 27.3. The molecule has 0 atom stereocenters. The van der Waals surface area contributed by atoms with Crippen LogP contribution in [0.25, 0.3) is 78.4 Å². The lowest BCUT2D eigenvalue weighted by Crippen LogP contribution is -2.17. The number of benzene rings is 5. The fraction of sp³-hybridized carbons (Fsp3) is 0.0714. The second kappa shape index (κ2) is 10.5. The van der Waals surface area contributed by atoms with Gasteiger partial charge in [0, 0.05) is 33.5 Å². The number of pyridine rings is 2. The average Bonchev–Trinajstić information content (AvgIpc) is 3.37. The summed E-state index contributed by atoms with van der Waals surface area (Å²) in [5.74, 6) is 1.81. The lowest BCUT2D eigenvalue weighted by Gasteiger charge is -2.24. The first-order chi connectivity index (χ1) is 23.0. The minimum atomic E-state index is -0.210. The summed E-state index contributed by atoms with van der Waals surface area (Å²) in [5, 5.41) is 2.16. The van der Waals surface area contributed by atoms with Gasteiger partial charge >= 0.3 is 0 Å². The highest BCUT2D eigenvalue weighted by molar-refractivity contribution is 5.90. The van der Waals surface area contributed by atoms with Crippen molar-refractivity contribution in [3.05, 3.63) is 151 Å². The Morgan fingerprint density at radius 1 is 0.447 bits per heavy atom. The van der Waals surface area contributed by atoms with E-state index < -0.39 is 0 Å². The highest BCUT2D eigenvalue weighted by Crippen LogP contribution is 2.51. The van der Waals surface area contributed by atoms with E-state index >= 15 is 0 Å². The SMILES string of the molecule is CC1(C)c2ccccc2-c2cccc(-c3nc(-c4ccccc4)nc(-c4ccc5ccc(-c6ccc7ncccc7c6)cc5n4)n3)c21. The first-order valence-corrected chi connectivity index (χ1v) is 15.8. The minimum absolute atomic E-state index is 0.210. The van der Waals surface area contributed by atoms with Gasteiger partial charge in [0.15, 0.2) is 17.5 Å². The maximum atomic E-state index is 5.14. The van der Waals surface area contributed by atoms with Crippen molar-refractivity contribution in [1.82, 2.24) is 24.9 Å². The molecule has 0 fully saturated rings. The van der Waals surface area contributed by atoms with Crippen LogP contribution in [0.4, 0.5) is 0 Å². The molecule has 8 aromatic rings. The standard InChI is InChI=1S/C42H29N5/c1-42(2)34-16-7-6-13-31(34)32-14-8-15-33(38(32)42)40-45-39(27-10-4-3-5-11-27)46-41(47-40)36-22-19-26-17-18-29(25-37(26)44-36)28-20-21-35-30(24-28)12-9-23-43-35/h3-25H,1-2H3. The van der Waals surface area contributed by atoms with Gasteiger partial charge in [-0.1, -0.05) is 117 Å². The van der Waals surface area contributed by atoms with E-state index in [4.69, 9.17) is 19.9 Å². The monoisotopic (exact) mass is 603 g/mol. The van der Waals surface area contributed by atoms with Crippen LogP contribution < -0.4 is 0 Å². The summed E-state index contributed by atoms with van der Waals surface area (Å²) in [6.07, 6.45) is 1.82. The number of aromatic nitrogens is 5. The molecule has 47 heavy (non-hydrogen) atoms. The van der Waals surface area contributed by atoms with Crippen LogP contribution in [0.5, 0.6) is 0 Å². The van der Waals surface area contributed by atoms with Crippen molar-refractivity contribution in [2.45, 2.75) is 19.3 Å². The summed E-state index contributed by atoms with van der Waals surface area (Å²) in [4.78, 5) is 24.8. The lowest BCUT2D eigenvalue weighted by atomic mass is 9.80. The van der Waals surface area contributed by atoms with Gasteiger partial charge in [0.2, 0.25) is 0 Å². The van der Waals surface area contributed by atoms with Crippen LogP contribution in [-0.4, -0.2) is 24.9 Å². The third kappa shape index (κ3) is 4.50. The van der Waals surface area contributed by atoms with Gasteiger partial charge in [-0.3, -0.25) is 4.98 Å². The van der Waals surface area contributed by atoms with Crippen LogP contribution in [0.3, 0.4) is 0 Å². The highest BCUT2D eigenvalue weighted by atomic mass is 15.0. The number of fused-ring (bicyclic) bond motifs is 5. The number of nitrogens with zero attached hydrogens (tertiary/aromatic N) is 5. The third-order valence-electron chi connectivity index (χ3n) is 9.35. The van der Waals surface area contributed by atoms with Crippen molar-refractivity contribution in [1.29, 1.82) is 0 Å². The third-order valence-corrected chi connectivity index (χ3v) is 9.35. The summed E-state index contributed by atoms with van der Waals surface area (Å²) in [7, 11) is 0. The van der Waals surface area contributed by atoms with Crippen LogP contribution in [0.1, 0.15) is 25.0 Å². The Kier molecular flexibility index (Phi) is 6.09. The molecule has 5 heteroatoms. The van der Waals surface area contributed by atoms with Crippen molar-refractivity contribution >= 4 is 21.8 Å². The molecule has 0 aliphatic heterocycles. The van der Waals surface area contributed by atoms with Gasteiger partial charge in [-0.2, -0.15) is 0 Å². The van der Waals surface area contributed by atoms with Crippen molar-refractivity contribution in [3.63, 3.8) is 0 Å². The van der Waals surface area contributed by atoms with Crippen LogP contribution in [0, 0.1) is 0 Å². The predicted octanol–water partition coefficient (Wildman–Crippen LogP) is 9.94. The molecule has 0 saturated heterocycles. The summed E-state index contributed by atoms with van der Waals surface area (Å²) in [5.41, 5.74) is 11.6. The Balaban J connectivity index is 1.21. The van der Waals surface area contributed by atoms with Gasteiger partial charge in [0.1, 0.15) is 5.69 Å². The van der Waals surface area contributed by atoms with Gasteiger partial charge in [0.25, 0.3) is 0 Å². The molecule has 0 unspecified atom stereocenters. The summed E-state index contributed by atoms with van der Waals surface area (Å²) in [6, 6.07) is 46.2. The fourth-order valence-electron chi connectivity index (χ4n) is 7.04. The predicted molar refractivity (Wildman–Crippen MR) is 190 cm³/mol. The summed E-state index contributed by atoms with van der Waals surface area (Å²) < 4.78 is 0. The highest BCUT2D eigenvalue weighted by Gasteiger charge is 2.38. The molecule has 5 aromatic carbocycles. The van der Waals surface area contributed by atoms with Crippen molar-refractivity contribution in [2.24, 2.45) is 0 Å². The van der Waals surface area contributed by atoms with Gasteiger partial charge < -0.3 is 0 Å². The molecule has 1 aliphatic rings. The largest absolute Gasteiger partial charge is 0.256 e. The van der Waals surface area contributed by atoms with Gasteiger partial charge in [-0.15, -0.1) is 0 Å². The Hall–Kier alpha value is -6.07. The second-order valence-corrected chi connectivity index (χ2v) is 12.6. The summed E-state index contributed by atoms with van der Waals surface area (Å²) >= 11 is 0. The average molecular weight is 604 g/mol. The molecular formula is C42H29N5. The quantitative estimate of drug-likeness (QED) is 0.200. The van der Waals surface area contributed by atoms with E-state index in [1.54, 1.807) is 0 Å². The molecule has 0 bridgehead atoms. The molecular weight excluding hydrogens is 574 g/mol. The molecule has 0 spiro atoms. The van der Waals surface area contributed by atoms with E-state index in [1.807, 2.05) is 48.7 Å². The van der Waals surface area contributed by atoms with E-state index in [0.717, 1.165) is 44.1 Å². The first-order valence-electron chi connectivity index (χ1n) is 15.8. The van der Waals surface area contributed by atoms with Crippen molar-refractivity contribution in [2.75, 3.05) is 0 Å². The lowest BCUT2D eigenvalue weighted by molar-refractivity contribution is 0.661. The van der Waals surface area contributed by atoms with Crippen LogP contribution in [0.2, 0.25) is 0 Å². The number of hydrogen-bond acceptors (Lipinski definition) is 5. The van der Waals surface area contributed by atoms with Gasteiger partial charge in [0.05, 0.1) is 11.0 Å². The molecule has 3 aromatic heterocycles. The summed E-state index contributed by atoms with van der Waals surface area (Å²) in [6.45, 7) is 4.58. The maximum absolute atomic E-state index is 5.14. The van der Waals surface area contributed by atoms with E-state index in [0.29, 0.717) is 23.2 Å². The van der Waals surface area contributed by atoms with Crippen LogP contribution in [-0.2, 0) is 5.41 Å². The van der Waals surface area contributed by atoms with Crippen molar-refractivity contribution in [3.8, 4) is 56.5 Å². The second-order valence-electron chi connectivity index (χ2n) is 12.6. The van der Waals surface area contributed by atoms with Gasteiger partial charge in [-0.25, -0.2) is 19.9 Å². The Morgan fingerprint density at radius 2 is 1.17 bits per heavy atom. The number of rotatable bonds is 4. The molecule has 0 radical (unpaired) electrons. The molecule has 5 nitrogen and oxygen atoms in total. The van der Waals surface area contributed by atoms with Crippen LogP contribution in [0.15, 0.2) is 140 Å². The molecule has 0 amide bonds. The van der Waals surface area contributed by atoms with Crippen molar-refractivity contribution < 1.29 is 0 Å². The van der Waals surface area contributed by atoms with E-state index in [9.17, 15) is 0 Å². The Labute approximate surface area is 272 Å².